The molecule has 1 aliphatic rings. The zero-order valence-electron chi connectivity index (χ0n) is 7.35. The SMILES string of the molecule is OC1CCCN(Oc2ccoc2)C1. The maximum absolute atomic E-state index is 9.36. The lowest BCUT2D eigenvalue weighted by Crippen LogP contribution is -2.40. The van der Waals surface area contributed by atoms with Gasteiger partial charge >= 0.3 is 0 Å². The number of aliphatic hydroxyl groups is 1. The van der Waals surface area contributed by atoms with Gasteiger partial charge in [-0.2, -0.15) is 0 Å². The van der Waals surface area contributed by atoms with Crippen LogP contribution in [0.4, 0.5) is 0 Å². The predicted molar refractivity (Wildman–Crippen MR) is 46.1 cm³/mol. The van der Waals surface area contributed by atoms with Crippen molar-refractivity contribution in [3.05, 3.63) is 18.6 Å². The Bertz CT molecular complexity index is 247. The molecule has 2 rings (SSSR count). The van der Waals surface area contributed by atoms with Gasteiger partial charge in [0.15, 0.2) is 5.75 Å². The molecule has 0 radical (unpaired) electrons. The van der Waals surface area contributed by atoms with E-state index in [4.69, 9.17) is 9.25 Å². The van der Waals surface area contributed by atoms with Gasteiger partial charge in [-0.3, -0.25) is 0 Å². The van der Waals surface area contributed by atoms with Crippen molar-refractivity contribution in [2.75, 3.05) is 13.1 Å². The van der Waals surface area contributed by atoms with Crippen molar-refractivity contribution >= 4 is 0 Å². The minimum absolute atomic E-state index is 0.263. The Morgan fingerprint density at radius 1 is 1.62 bits per heavy atom. The molecule has 2 heterocycles. The third-order valence-electron chi connectivity index (χ3n) is 2.09. The van der Waals surface area contributed by atoms with E-state index < -0.39 is 0 Å². The molecule has 4 heteroatoms. The highest BCUT2D eigenvalue weighted by atomic mass is 16.7. The van der Waals surface area contributed by atoms with E-state index in [-0.39, 0.29) is 6.10 Å². The number of hydrogen-bond donors (Lipinski definition) is 1. The second kappa shape index (κ2) is 3.81. The zero-order chi connectivity index (χ0) is 9.10. The molecule has 72 valence electrons. The lowest BCUT2D eigenvalue weighted by molar-refractivity contribution is -0.105. The van der Waals surface area contributed by atoms with Crippen LogP contribution in [0.5, 0.6) is 5.75 Å². The van der Waals surface area contributed by atoms with Crippen molar-refractivity contribution in [3.63, 3.8) is 0 Å². The van der Waals surface area contributed by atoms with Gasteiger partial charge in [0.2, 0.25) is 0 Å². The summed E-state index contributed by atoms with van der Waals surface area (Å²) in [5.41, 5.74) is 0. The molecule has 0 bridgehead atoms. The number of hydroxylamine groups is 2. The number of β-amino-alcohol motifs (C(OH)–C–C–N with tert-alkyl or cyclic N) is 1. The first-order valence-corrected chi connectivity index (χ1v) is 4.48. The van der Waals surface area contributed by atoms with Crippen molar-refractivity contribution in [2.24, 2.45) is 0 Å². The van der Waals surface area contributed by atoms with Crippen LogP contribution >= 0.6 is 0 Å². The van der Waals surface area contributed by atoms with E-state index in [0.717, 1.165) is 19.4 Å². The quantitative estimate of drug-likeness (QED) is 0.743. The van der Waals surface area contributed by atoms with Crippen LogP contribution in [0.2, 0.25) is 0 Å². The smallest absolute Gasteiger partial charge is 0.185 e. The minimum atomic E-state index is -0.263. The Hall–Kier alpha value is -1.00. The van der Waals surface area contributed by atoms with E-state index in [9.17, 15) is 5.11 Å². The van der Waals surface area contributed by atoms with Gasteiger partial charge in [0.1, 0.15) is 6.26 Å². The topological polar surface area (TPSA) is 45.8 Å². The summed E-state index contributed by atoms with van der Waals surface area (Å²) in [7, 11) is 0. The van der Waals surface area contributed by atoms with Crippen molar-refractivity contribution in [1.29, 1.82) is 0 Å². The van der Waals surface area contributed by atoms with Crippen LogP contribution in [0.15, 0.2) is 23.0 Å². The Balaban J connectivity index is 1.87. The molecule has 0 aliphatic carbocycles. The largest absolute Gasteiger partial charge is 0.469 e. The molecule has 1 atom stereocenters. The molecule has 1 aromatic heterocycles. The fourth-order valence-corrected chi connectivity index (χ4v) is 1.46. The summed E-state index contributed by atoms with van der Waals surface area (Å²) >= 11 is 0. The van der Waals surface area contributed by atoms with Gasteiger partial charge in [0.05, 0.1) is 18.9 Å². The van der Waals surface area contributed by atoms with E-state index in [1.807, 2.05) is 0 Å². The van der Waals surface area contributed by atoms with Crippen molar-refractivity contribution < 1.29 is 14.4 Å². The Morgan fingerprint density at radius 2 is 2.54 bits per heavy atom. The fourth-order valence-electron chi connectivity index (χ4n) is 1.46. The van der Waals surface area contributed by atoms with Crippen molar-refractivity contribution in [3.8, 4) is 5.75 Å². The fraction of sp³-hybridized carbons (Fsp3) is 0.556. The predicted octanol–water partition coefficient (Wildman–Crippen LogP) is 1.03. The summed E-state index contributed by atoms with van der Waals surface area (Å²) in [6.45, 7) is 1.44. The summed E-state index contributed by atoms with van der Waals surface area (Å²) in [5, 5.41) is 11.1. The first-order valence-electron chi connectivity index (χ1n) is 4.48. The molecular weight excluding hydrogens is 170 g/mol. The maximum atomic E-state index is 9.36. The van der Waals surface area contributed by atoms with Crippen LogP contribution in [-0.4, -0.2) is 29.4 Å². The molecule has 1 unspecified atom stereocenters. The molecule has 0 saturated carbocycles. The standard InChI is InChI=1S/C9H13NO3/c11-8-2-1-4-10(6-8)13-9-3-5-12-7-9/h3,5,7-8,11H,1-2,4,6H2. The highest BCUT2D eigenvalue weighted by Gasteiger charge is 2.19. The first-order chi connectivity index (χ1) is 6.34. The van der Waals surface area contributed by atoms with Gasteiger partial charge in [-0.25, -0.2) is 0 Å². The molecule has 1 aromatic rings. The molecule has 1 N–H and O–H groups in total. The normalized spacial score (nSPS) is 24.5. The third-order valence-corrected chi connectivity index (χ3v) is 2.09. The monoisotopic (exact) mass is 183 g/mol. The Morgan fingerprint density at radius 3 is 3.23 bits per heavy atom. The highest BCUT2D eigenvalue weighted by Crippen LogP contribution is 2.15. The van der Waals surface area contributed by atoms with Crippen LogP contribution in [0.25, 0.3) is 0 Å². The van der Waals surface area contributed by atoms with E-state index >= 15 is 0 Å². The van der Waals surface area contributed by atoms with Gasteiger partial charge in [0.25, 0.3) is 0 Å². The molecule has 4 nitrogen and oxygen atoms in total. The summed E-state index contributed by atoms with van der Waals surface area (Å²) in [5.74, 6) is 0.689. The zero-order valence-corrected chi connectivity index (χ0v) is 7.35. The number of nitrogens with zero attached hydrogens (tertiary/aromatic N) is 1. The molecular formula is C9H13NO3. The Kier molecular flexibility index (Phi) is 2.52. The van der Waals surface area contributed by atoms with Crippen molar-refractivity contribution in [2.45, 2.75) is 18.9 Å². The van der Waals surface area contributed by atoms with Gasteiger partial charge in [0, 0.05) is 12.6 Å². The molecule has 1 saturated heterocycles. The van der Waals surface area contributed by atoms with Gasteiger partial charge in [-0.1, -0.05) is 0 Å². The van der Waals surface area contributed by atoms with Crippen LogP contribution in [-0.2, 0) is 0 Å². The molecule has 0 aromatic carbocycles. The first kappa shape index (κ1) is 8.59. The van der Waals surface area contributed by atoms with Crippen molar-refractivity contribution in [1.82, 2.24) is 5.06 Å². The van der Waals surface area contributed by atoms with Gasteiger partial charge in [-0.05, 0) is 12.8 Å². The summed E-state index contributed by atoms with van der Waals surface area (Å²) < 4.78 is 4.87. The van der Waals surface area contributed by atoms with Crippen LogP contribution in [0.3, 0.4) is 0 Å². The lowest BCUT2D eigenvalue weighted by atomic mass is 10.1. The van der Waals surface area contributed by atoms with Gasteiger partial charge in [-0.15, -0.1) is 5.06 Å². The van der Waals surface area contributed by atoms with Crippen LogP contribution in [0, 0.1) is 0 Å². The highest BCUT2D eigenvalue weighted by molar-refractivity contribution is 5.12. The average Bonchev–Trinajstić information content (AvgIpc) is 2.57. The number of rotatable bonds is 2. The van der Waals surface area contributed by atoms with E-state index in [0.29, 0.717) is 12.3 Å². The molecule has 13 heavy (non-hydrogen) atoms. The van der Waals surface area contributed by atoms with E-state index in [1.54, 1.807) is 23.7 Å². The maximum Gasteiger partial charge on any atom is 0.185 e. The summed E-state index contributed by atoms with van der Waals surface area (Å²) in [6.07, 6.45) is 4.68. The number of hydrogen-bond acceptors (Lipinski definition) is 4. The second-order valence-corrected chi connectivity index (χ2v) is 3.23. The minimum Gasteiger partial charge on any atom is -0.469 e. The number of piperidine rings is 1. The van der Waals surface area contributed by atoms with Gasteiger partial charge < -0.3 is 14.4 Å². The van der Waals surface area contributed by atoms with Crippen LogP contribution < -0.4 is 4.84 Å². The average molecular weight is 183 g/mol. The lowest BCUT2D eigenvalue weighted by Gasteiger charge is -2.28. The number of furan rings is 1. The van der Waals surface area contributed by atoms with Crippen LogP contribution in [0.1, 0.15) is 12.8 Å². The molecule has 0 amide bonds. The second-order valence-electron chi connectivity index (χ2n) is 3.23. The van der Waals surface area contributed by atoms with E-state index in [2.05, 4.69) is 0 Å². The third kappa shape index (κ3) is 2.23. The number of aliphatic hydroxyl groups excluding tert-OH is 1. The molecule has 0 spiro atoms. The molecule has 1 fully saturated rings. The summed E-state index contributed by atoms with van der Waals surface area (Å²) in [6, 6.07) is 1.75. The Labute approximate surface area is 76.7 Å². The summed E-state index contributed by atoms with van der Waals surface area (Å²) in [4.78, 5) is 5.45. The molecule has 1 aliphatic heterocycles. The van der Waals surface area contributed by atoms with E-state index in [1.165, 1.54) is 0 Å².